The number of para-hydroxylation sites is 1. The Balaban J connectivity index is 2.04. The molecule has 1 aliphatic rings. The molecule has 0 saturated carbocycles. The van der Waals surface area contributed by atoms with E-state index in [1.54, 1.807) is 13.0 Å². The van der Waals surface area contributed by atoms with Crippen molar-refractivity contribution in [2.75, 3.05) is 8.61 Å². The number of aryl methyl sites for hydroxylation is 1. The van der Waals surface area contributed by atoms with E-state index < -0.39 is 43.2 Å². The largest absolute Gasteiger partial charge is 0.516 e. The molecule has 0 spiro atoms. The Labute approximate surface area is 199 Å². The molecule has 184 valence electrons. The third-order valence-electron chi connectivity index (χ3n) is 5.44. The molecule has 4 rings (SSSR count). The molecule has 3 aromatic carbocycles. The van der Waals surface area contributed by atoms with Gasteiger partial charge in [0.1, 0.15) is 5.82 Å². The Morgan fingerprint density at radius 3 is 2.09 bits per heavy atom. The van der Waals surface area contributed by atoms with Gasteiger partial charge >= 0.3 is 15.5 Å². The van der Waals surface area contributed by atoms with Crippen LogP contribution in [0.2, 0.25) is 0 Å². The fraction of sp³-hybridized carbons (Fsp3) is 0.130. The second kappa shape index (κ2) is 8.38. The number of anilines is 2. The van der Waals surface area contributed by atoms with Gasteiger partial charge in [0.15, 0.2) is 6.17 Å². The van der Waals surface area contributed by atoms with Crippen molar-refractivity contribution in [2.24, 2.45) is 0 Å². The summed E-state index contributed by atoms with van der Waals surface area (Å²) >= 11 is 0. The van der Waals surface area contributed by atoms with Gasteiger partial charge in [0.25, 0.3) is 10.0 Å². The van der Waals surface area contributed by atoms with Crippen molar-refractivity contribution in [3.05, 3.63) is 96.3 Å². The molecule has 0 aliphatic carbocycles. The van der Waals surface area contributed by atoms with E-state index in [4.69, 9.17) is 0 Å². The smallest absolute Gasteiger partial charge is 0.239 e. The summed E-state index contributed by atoms with van der Waals surface area (Å²) in [5, 5.41) is 0. The number of alkyl halides is 3. The number of benzene rings is 3. The standard InChI is InChI=1S/C23H18F4N2O4S2/c1-15-8-11-19(12-9-15)34(30,31)28(18-6-4-3-5-7-18)22-16(2)20-14-17(24)10-13-21(20)29(22)35(32,33)23(25,26)27/h3-14,22H,2H2,1H3/t22-/m1/s1. The van der Waals surface area contributed by atoms with E-state index in [0.717, 1.165) is 23.8 Å². The summed E-state index contributed by atoms with van der Waals surface area (Å²) in [5.74, 6) is -0.859. The number of halogens is 4. The fourth-order valence-corrected chi connectivity index (χ4v) is 6.57. The highest BCUT2D eigenvalue weighted by molar-refractivity contribution is 7.94. The summed E-state index contributed by atoms with van der Waals surface area (Å²) in [4.78, 5) is -0.286. The Kier molecular flexibility index (Phi) is 5.92. The monoisotopic (exact) mass is 526 g/mol. The van der Waals surface area contributed by atoms with Crippen LogP contribution in [0.15, 0.2) is 84.3 Å². The Morgan fingerprint density at radius 2 is 1.51 bits per heavy atom. The second-order valence-corrected chi connectivity index (χ2v) is 11.4. The highest BCUT2D eigenvalue weighted by Gasteiger charge is 2.57. The minimum atomic E-state index is -6.14. The molecule has 0 radical (unpaired) electrons. The molecule has 0 aromatic heterocycles. The van der Waals surface area contributed by atoms with Gasteiger partial charge in [0, 0.05) is 5.56 Å². The Bertz CT molecular complexity index is 1510. The van der Waals surface area contributed by atoms with Crippen LogP contribution >= 0.6 is 0 Å². The number of hydrogen-bond acceptors (Lipinski definition) is 4. The van der Waals surface area contributed by atoms with Crippen molar-refractivity contribution in [2.45, 2.75) is 23.5 Å². The fourth-order valence-electron chi connectivity index (χ4n) is 3.79. The average molecular weight is 527 g/mol. The summed E-state index contributed by atoms with van der Waals surface area (Å²) in [5.41, 5.74) is -6.31. The first kappa shape index (κ1) is 24.7. The lowest BCUT2D eigenvalue weighted by atomic mass is 10.1. The summed E-state index contributed by atoms with van der Waals surface area (Å²) < 4.78 is 109. The van der Waals surface area contributed by atoms with E-state index in [9.17, 15) is 34.4 Å². The summed E-state index contributed by atoms with van der Waals surface area (Å²) in [6.07, 6.45) is -2.09. The molecular formula is C23H18F4N2O4S2. The molecule has 3 aromatic rings. The van der Waals surface area contributed by atoms with E-state index >= 15 is 0 Å². The lowest BCUT2D eigenvalue weighted by Crippen LogP contribution is -2.54. The maximum atomic E-state index is 14.0. The third-order valence-corrected chi connectivity index (χ3v) is 8.73. The van der Waals surface area contributed by atoms with Gasteiger partial charge < -0.3 is 0 Å². The maximum Gasteiger partial charge on any atom is 0.516 e. The van der Waals surface area contributed by atoms with Crippen molar-refractivity contribution in [3.63, 3.8) is 0 Å². The van der Waals surface area contributed by atoms with Crippen molar-refractivity contribution in [3.8, 4) is 0 Å². The molecule has 12 heteroatoms. The van der Waals surface area contributed by atoms with Crippen LogP contribution in [0.3, 0.4) is 0 Å². The van der Waals surface area contributed by atoms with E-state index in [1.165, 1.54) is 48.5 Å². The lowest BCUT2D eigenvalue weighted by Gasteiger charge is -2.37. The maximum absolute atomic E-state index is 14.0. The molecule has 35 heavy (non-hydrogen) atoms. The summed E-state index contributed by atoms with van der Waals surface area (Å²) in [6, 6.07) is 15.0. The number of nitrogens with zero attached hydrogens (tertiary/aromatic N) is 2. The molecule has 0 unspecified atom stereocenters. The molecule has 1 aliphatic heterocycles. The molecule has 0 N–H and O–H groups in total. The van der Waals surface area contributed by atoms with Crippen molar-refractivity contribution in [1.29, 1.82) is 0 Å². The minimum Gasteiger partial charge on any atom is -0.239 e. The second-order valence-electron chi connectivity index (χ2n) is 7.76. The summed E-state index contributed by atoms with van der Waals surface area (Å²) in [7, 11) is -10.8. The van der Waals surface area contributed by atoms with Gasteiger partial charge in [-0.25, -0.2) is 21.4 Å². The minimum absolute atomic E-state index is 0.0666. The van der Waals surface area contributed by atoms with Gasteiger partial charge in [-0.3, -0.25) is 0 Å². The van der Waals surface area contributed by atoms with Gasteiger partial charge in [0.2, 0.25) is 0 Å². The van der Waals surface area contributed by atoms with Crippen molar-refractivity contribution in [1.82, 2.24) is 0 Å². The van der Waals surface area contributed by atoms with Crippen molar-refractivity contribution < 1.29 is 34.4 Å². The van der Waals surface area contributed by atoms with Crippen LogP contribution in [0.5, 0.6) is 0 Å². The van der Waals surface area contributed by atoms with Crippen LogP contribution in [0.25, 0.3) is 5.57 Å². The first-order valence-electron chi connectivity index (χ1n) is 10.0. The number of hydrogen-bond donors (Lipinski definition) is 0. The predicted octanol–water partition coefficient (Wildman–Crippen LogP) is 5.04. The number of sulfonamides is 2. The van der Waals surface area contributed by atoms with E-state index in [2.05, 4.69) is 6.58 Å². The first-order chi connectivity index (χ1) is 16.3. The van der Waals surface area contributed by atoms with Gasteiger partial charge in [-0.1, -0.05) is 42.5 Å². The van der Waals surface area contributed by atoms with E-state index in [1.807, 2.05) is 0 Å². The zero-order valence-corrected chi connectivity index (χ0v) is 19.7. The van der Waals surface area contributed by atoms with Gasteiger partial charge in [0.05, 0.1) is 16.3 Å². The quantitative estimate of drug-likeness (QED) is 0.437. The zero-order valence-electron chi connectivity index (χ0n) is 18.1. The highest BCUT2D eigenvalue weighted by atomic mass is 32.2. The van der Waals surface area contributed by atoms with Gasteiger partial charge in [-0.15, -0.1) is 0 Å². The Hall–Kier alpha value is -3.38. The molecule has 0 fully saturated rings. The summed E-state index contributed by atoms with van der Waals surface area (Å²) in [6.45, 7) is 5.40. The molecule has 6 nitrogen and oxygen atoms in total. The number of fused-ring (bicyclic) bond motifs is 1. The average Bonchev–Trinajstić information content (AvgIpc) is 3.06. The molecular weight excluding hydrogens is 508 g/mol. The molecule has 0 amide bonds. The molecule has 0 saturated heterocycles. The lowest BCUT2D eigenvalue weighted by molar-refractivity contribution is -0.0439. The van der Waals surface area contributed by atoms with Gasteiger partial charge in [-0.2, -0.15) is 21.6 Å². The Morgan fingerprint density at radius 1 is 0.914 bits per heavy atom. The van der Waals surface area contributed by atoms with Crippen molar-refractivity contribution >= 4 is 37.0 Å². The topological polar surface area (TPSA) is 74.8 Å². The van der Waals surface area contributed by atoms with Crippen LogP contribution in [0, 0.1) is 12.7 Å². The van der Waals surface area contributed by atoms with Crippen LogP contribution in [0.1, 0.15) is 11.1 Å². The van der Waals surface area contributed by atoms with Crippen LogP contribution in [-0.2, 0) is 20.0 Å². The predicted molar refractivity (Wildman–Crippen MR) is 124 cm³/mol. The van der Waals surface area contributed by atoms with Crippen LogP contribution in [-0.4, -0.2) is 28.5 Å². The normalized spacial score (nSPS) is 16.3. The molecule has 1 atom stereocenters. The molecule has 0 bridgehead atoms. The van der Waals surface area contributed by atoms with Crippen LogP contribution < -0.4 is 8.61 Å². The van der Waals surface area contributed by atoms with Crippen LogP contribution in [0.4, 0.5) is 28.9 Å². The SMILES string of the molecule is C=C1c2cc(F)ccc2N(S(=O)(=O)C(F)(F)F)[C@H]1N(c1ccccc1)S(=O)(=O)c1ccc(C)cc1. The first-order valence-corrected chi connectivity index (χ1v) is 12.9. The number of rotatable bonds is 5. The van der Waals surface area contributed by atoms with E-state index in [0.29, 0.717) is 4.31 Å². The van der Waals surface area contributed by atoms with Gasteiger partial charge in [-0.05, 0) is 55.0 Å². The zero-order chi connectivity index (χ0) is 25.8. The third kappa shape index (κ3) is 4.06. The highest BCUT2D eigenvalue weighted by Crippen LogP contribution is 2.48. The van der Waals surface area contributed by atoms with E-state index in [-0.39, 0.29) is 26.0 Å². The molecule has 1 heterocycles.